The van der Waals surface area contributed by atoms with Crippen molar-refractivity contribution in [3.8, 4) is 10.4 Å². The Morgan fingerprint density at radius 3 is 2.85 bits per heavy atom. The zero-order valence-electron chi connectivity index (χ0n) is 6.70. The molecule has 0 aliphatic heterocycles. The quantitative estimate of drug-likeness (QED) is 0.735. The molecule has 4 heteroatoms. The number of nitrogens with zero attached hydrogens (tertiary/aromatic N) is 1. The van der Waals surface area contributed by atoms with Gasteiger partial charge in [0.15, 0.2) is 0 Å². The van der Waals surface area contributed by atoms with Crippen LogP contribution in [0.4, 0.5) is 5.69 Å². The fraction of sp³-hybridized carbons (Fsp3) is 0. The maximum Gasteiger partial charge on any atom is 0.0571 e. The third-order valence-corrected chi connectivity index (χ3v) is 2.73. The van der Waals surface area contributed by atoms with Crippen molar-refractivity contribution in [2.45, 2.75) is 0 Å². The third kappa shape index (κ3) is 1.66. The van der Waals surface area contributed by atoms with Crippen molar-refractivity contribution in [3.05, 3.63) is 35.5 Å². The molecule has 0 amide bonds. The average molecular weight is 211 g/mol. The average Bonchev–Trinajstić information content (AvgIpc) is 2.61. The smallest absolute Gasteiger partial charge is 0.0571 e. The fourth-order valence-corrected chi connectivity index (χ4v) is 1.90. The third-order valence-electron chi connectivity index (χ3n) is 1.72. The van der Waals surface area contributed by atoms with Crippen LogP contribution in [0.15, 0.2) is 30.5 Å². The summed E-state index contributed by atoms with van der Waals surface area (Å²) in [4.78, 5) is 1.04. The first-order valence-corrected chi connectivity index (χ1v) is 4.88. The molecule has 0 saturated carbocycles. The van der Waals surface area contributed by atoms with Crippen molar-refractivity contribution < 1.29 is 0 Å². The van der Waals surface area contributed by atoms with E-state index in [1.807, 2.05) is 12.1 Å². The van der Waals surface area contributed by atoms with Crippen molar-refractivity contribution >= 4 is 28.8 Å². The Morgan fingerprint density at radius 1 is 1.31 bits per heavy atom. The molecule has 0 spiro atoms. The molecule has 2 nitrogen and oxygen atoms in total. The summed E-state index contributed by atoms with van der Waals surface area (Å²) in [5.74, 6) is 0. The lowest BCUT2D eigenvalue weighted by Gasteiger charge is -2.01. The number of hydrogen-bond acceptors (Lipinski definition) is 3. The van der Waals surface area contributed by atoms with Crippen LogP contribution in [-0.4, -0.2) is 4.37 Å². The highest BCUT2D eigenvalue weighted by Gasteiger charge is 2.04. The Morgan fingerprint density at radius 2 is 2.15 bits per heavy atom. The van der Waals surface area contributed by atoms with Crippen LogP contribution in [0.2, 0.25) is 5.02 Å². The van der Waals surface area contributed by atoms with E-state index >= 15 is 0 Å². The Labute approximate surface area is 85.1 Å². The summed E-state index contributed by atoms with van der Waals surface area (Å²) < 4.78 is 4.01. The van der Waals surface area contributed by atoms with E-state index in [1.54, 1.807) is 18.3 Å². The molecule has 0 aliphatic carbocycles. The lowest BCUT2D eigenvalue weighted by atomic mass is 10.1. The summed E-state index contributed by atoms with van der Waals surface area (Å²) in [7, 11) is 0. The van der Waals surface area contributed by atoms with Gasteiger partial charge < -0.3 is 5.73 Å². The second kappa shape index (κ2) is 3.36. The summed E-state index contributed by atoms with van der Waals surface area (Å²) >= 11 is 7.27. The van der Waals surface area contributed by atoms with Crippen molar-refractivity contribution in [2.75, 3.05) is 5.73 Å². The molecule has 2 rings (SSSR count). The van der Waals surface area contributed by atoms with Gasteiger partial charge in [0.05, 0.1) is 4.88 Å². The highest BCUT2D eigenvalue weighted by Crippen LogP contribution is 2.30. The fourth-order valence-electron chi connectivity index (χ4n) is 1.10. The second-order valence-corrected chi connectivity index (χ2v) is 3.88. The predicted octanol–water partition coefficient (Wildman–Crippen LogP) is 3.05. The summed E-state index contributed by atoms with van der Waals surface area (Å²) in [6.07, 6.45) is 1.75. The molecule has 2 aromatic rings. The van der Waals surface area contributed by atoms with Crippen LogP contribution in [0, 0.1) is 0 Å². The minimum atomic E-state index is 0.692. The van der Waals surface area contributed by atoms with Crippen molar-refractivity contribution in [1.82, 2.24) is 4.37 Å². The Bertz CT molecular complexity index is 412. The molecule has 66 valence electrons. The van der Waals surface area contributed by atoms with Crippen molar-refractivity contribution in [3.63, 3.8) is 0 Å². The van der Waals surface area contributed by atoms with E-state index in [2.05, 4.69) is 4.37 Å². The van der Waals surface area contributed by atoms with Crippen LogP contribution < -0.4 is 5.73 Å². The van der Waals surface area contributed by atoms with Gasteiger partial charge in [-0.1, -0.05) is 11.6 Å². The topological polar surface area (TPSA) is 38.9 Å². The lowest BCUT2D eigenvalue weighted by Crippen LogP contribution is -1.87. The van der Waals surface area contributed by atoms with Crippen LogP contribution in [0.3, 0.4) is 0 Å². The number of nitrogens with two attached hydrogens (primary N) is 1. The van der Waals surface area contributed by atoms with Gasteiger partial charge in [0.1, 0.15) is 0 Å². The zero-order valence-corrected chi connectivity index (χ0v) is 8.27. The molecular weight excluding hydrogens is 204 g/mol. The van der Waals surface area contributed by atoms with E-state index < -0.39 is 0 Å². The van der Waals surface area contributed by atoms with Gasteiger partial charge in [0.25, 0.3) is 0 Å². The number of aromatic nitrogens is 1. The van der Waals surface area contributed by atoms with Crippen LogP contribution >= 0.6 is 23.1 Å². The number of benzene rings is 1. The molecule has 0 radical (unpaired) electrons. The van der Waals surface area contributed by atoms with Gasteiger partial charge >= 0.3 is 0 Å². The molecule has 1 aromatic carbocycles. The van der Waals surface area contributed by atoms with E-state index in [4.69, 9.17) is 17.3 Å². The minimum absolute atomic E-state index is 0.692. The van der Waals surface area contributed by atoms with Crippen LogP contribution in [-0.2, 0) is 0 Å². The SMILES string of the molecule is Nc1ccc(Cl)cc1-c1ccns1. The Balaban J connectivity index is 2.57. The molecule has 0 saturated heterocycles. The van der Waals surface area contributed by atoms with E-state index in [0.29, 0.717) is 5.02 Å². The molecular formula is C9H7ClN2S. The van der Waals surface area contributed by atoms with Gasteiger partial charge in [-0.25, -0.2) is 4.37 Å². The first kappa shape index (κ1) is 8.53. The van der Waals surface area contributed by atoms with Crippen molar-refractivity contribution in [2.24, 2.45) is 0 Å². The number of nitrogen functional groups attached to an aromatic ring is 1. The van der Waals surface area contributed by atoms with Gasteiger partial charge in [-0.05, 0) is 35.8 Å². The number of halogens is 1. The van der Waals surface area contributed by atoms with Gasteiger partial charge in [-0.3, -0.25) is 0 Å². The molecule has 0 fully saturated rings. The van der Waals surface area contributed by atoms with Gasteiger partial charge in [-0.2, -0.15) is 0 Å². The van der Waals surface area contributed by atoms with Gasteiger partial charge in [0.2, 0.25) is 0 Å². The highest BCUT2D eigenvalue weighted by molar-refractivity contribution is 7.09. The van der Waals surface area contributed by atoms with E-state index in [-0.39, 0.29) is 0 Å². The Hall–Kier alpha value is -1.06. The predicted molar refractivity (Wildman–Crippen MR) is 57.0 cm³/mol. The summed E-state index contributed by atoms with van der Waals surface area (Å²) in [5.41, 5.74) is 7.48. The normalized spacial score (nSPS) is 10.2. The minimum Gasteiger partial charge on any atom is -0.398 e. The van der Waals surface area contributed by atoms with E-state index in [1.165, 1.54) is 11.5 Å². The van der Waals surface area contributed by atoms with Crippen LogP contribution in [0.25, 0.3) is 10.4 Å². The van der Waals surface area contributed by atoms with E-state index in [0.717, 1.165) is 16.1 Å². The molecule has 2 N–H and O–H groups in total. The molecule has 1 aromatic heterocycles. The molecule has 13 heavy (non-hydrogen) atoms. The largest absolute Gasteiger partial charge is 0.398 e. The highest BCUT2D eigenvalue weighted by atomic mass is 35.5. The van der Waals surface area contributed by atoms with Crippen molar-refractivity contribution in [1.29, 1.82) is 0 Å². The van der Waals surface area contributed by atoms with Crippen LogP contribution in [0.1, 0.15) is 0 Å². The maximum absolute atomic E-state index is 5.86. The molecule has 0 aliphatic rings. The number of hydrogen-bond donors (Lipinski definition) is 1. The summed E-state index contributed by atoms with van der Waals surface area (Å²) in [6, 6.07) is 7.36. The van der Waals surface area contributed by atoms with Gasteiger partial charge in [0, 0.05) is 22.5 Å². The van der Waals surface area contributed by atoms with Crippen LogP contribution in [0.5, 0.6) is 0 Å². The molecule has 0 atom stereocenters. The maximum atomic E-state index is 5.86. The number of anilines is 1. The first-order chi connectivity index (χ1) is 6.27. The lowest BCUT2D eigenvalue weighted by molar-refractivity contribution is 1.58. The first-order valence-electron chi connectivity index (χ1n) is 3.73. The molecule has 0 bridgehead atoms. The zero-order chi connectivity index (χ0) is 9.26. The van der Waals surface area contributed by atoms with E-state index in [9.17, 15) is 0 Å². The Kier molecular flexibility index (Phi) is 2.20. The second-order valence-electron chi connectivity index (χ2n) is 2.61. The summed E-state index contributed by atoms with van der Waals surface area (Å²) in [6.45, 7) is 0. The molecule has 1 heterocycles. The number of rotatable bonds is 1. The molecule has 0 unspecified atom stereocenters. The monoisotopic (exact) mass is 210 g/mol. The summed E-state index contributed by atoms with van der Waals surface area (Å²) in [5, 5.41) is 0.692. The van der Waals surface area contributed by atoms with Gasteiger partial charge in [-0.15, -0.1) is 0 Å². The standard InChI is InChI=1S/C9H7ClN2S/c10-6-1-2-8(11)7(5-6)9-3-4-12-13-9/h1-5H,11H2.